The van der Waals surface area contributed by atoms with Crippen molar-refractivity contribution < 1.29 is 22.5 Å². The topological polar surface area (TPSA) is 65.7 Å². The van der Waals surface area contributed by atoms with E-state index in [0.717, 1.165) is 18.0 Å². The third-order valence-corrected chi connectivity index (χ3v) is 4.90. The van der Waals surface area contributed by atoms with Crippen molar-refractivity contribution in [1.82, 2.24) is 24.8 Å². The van der Waals surface area contributed by atoms with Crippen molar-refractivity contribution in [1.29, 1.82) is 0 Å². The van der Waals surface area contributed by atoms with Gasteiger partial charge in [-0.25, -0.2) is 0 Å². The summed E-state index contributed by atoms with van der Waals surface area (Å²) in [6.07, 6.45) is -2.43. The number of rotatable bonds is 5. The third-order valence-electron chi connectivity index (χ3n) is 4.90. The van der Waals surface area contributed by atoms with Gasteiger partial charge in [0.15, 0.2) is 5.82 Å². The molecule has 0 aliphatic carbocycles. The molecule has 1 aromatic heterocycles. The molecule has 2 saturated heterocycles. The van der Waals surface area contributed by atoms with Gasteiger partial charge in [0.05, 0.1) is 12.6 Å². The van der Waals surface area contributed by atoms with Crippen LogP contribution in [0.3, 0.4) is 0 Å². The largest absolute Gasteiger partial charge is 0.406 e. The molecule has 0 N–H and O–H groups in total. The second-order valence-corrected chi connectivity index (χ2v) is 6.80. The van der Waals surface area contributed by atoms with Crippen molar-refractivity contribution in [2.45, 2.75) is 44.9 Å². The Kier molecular flexibility index (Phi) is 5.81. The van der Waals surface area contributed by atoms with Gasteiger partial charge in [-0.15, -0.1) is 0 Å². The summed E-state index contributed by atoms with van der Waals surface area (Å²) in [5.41, 5.74) is 0. The van der Waals surface area contributed by atoms with E-state index in [0.29, 0.717) is 50.6 Å². The second kappa shape index (κ2) is 7.91. The summed E-state index contributed by atoms with van der Waals surface area (Å²) in [6.45, 7) is 4.30. The predicted octanol–water partition coefficient (Wildman–Crippen LogP) is 1.30. The summed E-state index contributed by atoms with van der Waals surface area (Å²) < 4.78 is 43.0. The Morgan fingerprint density at radius 3 is 2.54 bits per heavy atom. The van der Waals surface area contributed by atoms with Crippen molar-refractivity contribution in [2.75, 3.05) is 39.3 Å². The van der Waals surface area contributed by atoms with Gasteiger partial charge in [-0.3, -0.25) is 14.6 Å². The van der Waals surface area contributed by atoms with Gasteiger partial charge in [-0.1, -0.05) is 12.1 Å². The van der Waals surface area contributed by atoms with Crippen LogP contribution < -0.4 is 0 Å². The first kappa shape index (κ1) is 19.1. The zero-order chi connectivity index (χ0) is 18.7. The first-order valence-corrected chi connectivity index (χ1v) is 8.99. The van der Waals surface area contributed by atoms with E-state index < -0.39 is 24.7 Å². The predicted molar refractivity (Wildman–Crippen MR) is 86.2 cm³/mol. The maximum atomic E-state index is 12.6. The molecule has 0 aromatic carbocycles. The molecule has 2 aliphatic rings. The van der Waals surface area contributed by atoms with Crippen molar-refractivity contribution in [3.05, 3.63) is 11.7 Å². The van der Waals surface area contributed by atoms with Crippen molar-refractivity contribution in [3.8, 4) is 0 Å². The SMILES string of the molecule is CCc1nc(CN2CCN([C@H]3CCCN(CC(F)(F)F)C3=O)CC2)no1. The highest BCUT2D eigenvalue weighted by Gasteiger charge is 2.39. The van der Waals surface area contributed by atoms with Gasteiger partial charge in [0, 0.05) is 39.1 Å². The number of aromatic nitrogens is 2. The molecule has 1 atom stereocenters. The molecule has 146 valence electrons. The summed E-state index contributed by atoms with van der Waals surface area (Å²) in [5.74, 6) is 0.851. The molecular formula is C16H24F3N5O2. The maximum Gasteiger partial charge on any atom is 0.406 e. The molecule has 10 heteroatoms. The minimum absolute atomic E-state index is 0.187. The smallest absolute Gasteiger partial charge is 0.339 e. The van der Waals surface area contributed by atoms with Crippen molar-refractivity contribution >= 4 is 5.91 Å². The maximum absolute atomic E-state index is 12.6. The number of likely N-dealkylation sites (tertiary alicyclic amines) is 1. The number of aryl methyl sites for hydroxylation is 1. The summed E-state index contributed by atoms with van der Waals surface area (Å²) in [5, 5.41) is 3.94. The van der Waals surface area contributed by atoms with Crippen LogP contribution in [0.1, 0.15) is 31.5 Å². The third kappa shape index (κ3) is 4.73. The summed E-state index contributed by atoms with van der Waals surface area (Å²) in [4.78, 5) is 21.9. The zero-order valence-electron chi connectivity index (χ0n) is 14.8. The fourth-order valence-electron chi connectivity index (χ4n) is 3.56. The van der Waals surface area contributed by atoms with Crippen LogP contribution in [0.2, 0.25) is 0 Å². The van der Waals surface area contributed by atoms with Crippen LogP contribution in [0, 0.1) is 0 Å². The Morgan fingerprint density at radius 2 is 1.92 bits per heavy atom. The van der Waals surface area contributed by atoms with E-state index in [9.17, 15) is 18.0 Å². The number of piperidine rings is 1. The highest BCUT2D eigenvalue weighted by molar-refractivity contribution is 5.82. The van der Waals surface area contributed by atoms with E-state index in [-0.39, 0.29) is 6.54 Å². The van der Waals surface area contributed by atoms with Crippen LogP contribution in [0.25, 0.3) is 0 Å². The van der Waals surface area contributed by atoms with Gasteiger partial charge in [0.1, 0.15) is 6.54 Å². The number of carbonyl (C=O) groups is 1. The van der Waals surface area contributed by atoms with Crippen LogP contribution in [-0.4, -0.2) is 82.2 Å². The fourth-order valence-corrected chi connectivity index (χ4v) is 3.56. The first-order valence-electron chi connectivity index (χ1n) is 8.99. The molecule has 26 heavy (non-hydrogen) atoms. The lowest BCUT2D eigenvalue weighted by atomic mass is 10.0. The number of hydrogen-bond acceptors (Lipinski definition) is 6. The average molecular weight is 375 g/mol. The molecule has 7 nitrogen and oxygen atoms in total. The van der Waals surface area contributed by atoms with E-state index in [4.69, 9.17) is 4.52 Å². The van der Waals surface area contributed by atoms with Gasteiger partial charge in [0.25, 0.3) is 0 Å². The number of hydrogen-bond donors (Lipinski definition) is 0. The number of piperazine rings is 1. The molecule has 0 radical (unpaired) electrons. The standard InChI is InChI=1S/C16H24F3N5O2/c1-2-14-20-13(21-26-14)10-22-6-8-23(9-7-22)12-4-3-5-24(15(12)25)11-16(17,18)19/h12H,2-11H2,1H3/t12-/m0/s1. The molecule has 3 rings (SSSR count). The Balaban J connectivity index is 1.51. The first-order chi connectivity index (χ1) is 12.4. The number of alkyl halides is 3. The number of halogens is 3. The Morgan fingerprint density at radius 1 is 1.19 bits per heavy atom. The number of nitrogens with zero attached hydrogens (tertiary/aromatic N) is 5. The highest BCUT2D eigenvalue weighted by atomic mass is 19.4. The van der Waals surface area contributed by atoms with Crippen molar-refractivity contribution in [3.63, 3.8) is 0 Å². The molecule has 0 spiro atoms. The Labute approximate surface area is 150 Å². The van der Waals surface area contributed by atoms with E-state index in [2.05, 4.69) is 15.0 Å². The van der Waals surface area contributed by atoms with Gasteiger partial charge < -0.3 is 9.42 Å². The molecule has 0 saturated carbocycles. The fraction of sp³-hybridized carbons (Fsp3) is 0.812. The average Bonchev–Trinajstić information content (AvgIpc) is 3.04. The van der Waals surface area contributed by atoms with Crippen LogP contribution in [0.15, 0.2) is 4.52 Å². The van der Waals surface area contributed by atoms with Gasteiger partial charge >= 0.3 is 6.18 Å². The number of carbonyl (C=O) groups excluding carboxylic acids is 1. The van der Waals surface area contributed by atoms with E-state index in [1.165, 1.54) is 0 Å². The van der Waals surface area contributed by atoms with Crippen LogP contribution >= 0.6 is 0 Å². The Bertz CT molecular complexity index is 613. The molecule has 0 unspecified atom stereocenters. The van der Waals surface area contributed by atoms with E-state index in [1.54, 1.807) is 0 Å². The Hall–Kier alpha value is -1.68. The summed E-state index contributed by atoms with van der Waals surface area (Å²) in [7, 11) is 0. The quantitative estimate of drug-likeness (QED) is 0.773. The van der Waals surface area contributed by atoms with E-state index in [1.807, 2.05) is 11.8 Å². The van der Waals surface area contributed by atoms with Crippen molar-refractivity contribution in [2.24, 2.45) is 0 Å². The molecular weight excluding hydrogens is 351 g/mol. The van der Waals surface area contributed by atoms with Gasteiger partial charge in [-0.2, -0.15) is 18.2 Å². The summed E-state index contributed by atoms with van der Waals surface area (Å²) >= 11 is 0. The normalized spacial score (nSPS) is 23.6. The van der Waals surface area contributed by atoms with Crippen LogP contribution in [0.4, 0.5) is 13.2 Å². The lowest BCUT2D eigenvalue weighted by molar-refractivity contribution is -0.168. The molecule has 3 heterocycles. The summed E-state index contributed by atoms with van der Waals surface area (Å²) in [6, 6.07) is -0.440. The molecule has 1 amide bonds. The zero-order valence-corrected chi connectivity index (χ0v) is 14.8. The molecule has 0 bridgehead atoms. The van der Waals surface area contributed by atoms with Crippen LogP contribution in [-0.2, 0) is 17.8 Å². The lowest BCUT2D eigenvalue weighted by Crippen LogP contribution is -2.58. The monoisotopic (exact) mass is 375 g/mol. The minimum Gasteiger partial charge on any atom is -0.339 e. The van der Waals surface area contributed by atoms with E-state index >= 15 is 0 Å². The van der Waals surface area contributed by atoms with Gasteiger partial charge in [0.2, 0.25) is 11.8 Å². The molecule has 2 fully saturated rings. The van der Waals surface area contributed by atoms with Gasteiger partial charge in [-0.05, 0) is 12.8 Å². The molecule has 2 aliphatic heterocycles. The van der Waals surface area contributed by atoms with Crippen LogP contribution in [0.5, 0.6) is 0 Å². The number of amides is 1. The minimum atomic E-state index is -4.35. The molecule has 1 aromatic rings. The highest BCUT2D eigenvalue weighted by Crippen LogP contribution is 2.23. The second-order valence-electron chi connectivity index (χ2n) is 6.80. The lowest BCUT2D eigenvalue weighted by Gasteiger charge is -2.42.